The highest BCUT2D eigenvalue weighted by molar-refractivity contribution is 7.47. The van der Waals surface area contributed by atoms with Gasteiger partial charge in [-0.05, 0) is 96.3 Å². The fourth-order valence-electron chi connectivity index (χ4n) is 7.81. The number of phosphoric acid groups is 1. The Morgan fingerprint density at radius 3 is 1.14 bits per heavy atom. The molecule has 73 heavy (non-hydrogen) atoms. The number of allylic oxidation sites excluding steroid dienone is 18. The van der Waals surface area contributed by atoms with E-state index in [0.717, 1.165) is 116 Å². The lowest BCUT2D eigenvalue weighted by Gasteiger charge is -2.19. The Labute approximate surface area is 448 Å². The van der Waals surface area contributed by atoms with Gasteiger partial charge in [-0.15, -0.1) is 0 Å². The summed E-state index contributed by atoms with van der Waals surface area (Å²) in [6.45, 7) is 3.57. The number of hydrogen-bond donors (Lipinski definition) is 2. The summed E-state index contributed by atoms with van der Waals surface area (Å²) >= 11 is 0. The first kappa shape index (κ1) is 69.7. The second-order valence-corrected chi connectivity index (χ2v) is 20.6. The van der Waals surface area contributed by atoms with Crippen molar-refractivity contribution < 1.29 is 37.6 Å². The van der Waals surface area contributed by atoms with Crippen molar-refractivity contribution in [3.05, 3.63) is 109 Å². The third kappa shape index (κ3) is 57.8. The van der Waals surface area contributed by atoms with Gasteiger partial charge in [0.25, 0.3) is 0 Å². The monoisotopic (exact) mass is 1040 g/mol. The summed E-state index contributed by atoms with van der Waals surface area (Å²) < 4.78 is 32.9. The first-order valence-electron chi connectivity index (χ1n) is 29.4. The lowest BCUT2D eigenvalue weighted by molar-refractivity contribution is -0.161. The topological polar surface area (TPSA) is 134 Å². The van der Waals surface area contributed by atoms with E-state index in [1.54, 1.807) is 0 Å². The zero-order valence-corrected chi connectivity index (χ0v) is 47.5. The summed E-state index contributed by atoms with van der Waals surface area (Å²) in [6, 6.07) is 0. The van der Waals surface area contributed by atoms with Crippen molar-refractivity contribution in [2.75, 3.05) is 26.4 Å². The number of ether oxygens (including phenoxy) is 2. The summed E-state index contributed by atoms with van der Waals surface area (Å²) in [5, 5.41) is 0. The molecule has 0 aliphatic rings. The molecular formula is C63H108NO8P. The van der Waals surface area contributed by atoms with Crippen molar-refractivity contribution in [3.8, 4) is 0 Å². The van der Waals surface area contributed by atoms with E-state index in [-0.39, 0.29) is 32.6 Å². The van der Waals surface area contributed by atoms with Crippen LogP contribution < -0.4 is 5.73 Å². The molecule has 2 unspecified atom stereocenters. The zero-order chi connectivity index (χ0) is 53.1. The van der Waals surface area contributed by atoms with Gasteiger partial charge in [0.05, 0.1) is 13.2 Å². The molecule has 0 aliphatic carbocycles. The van der Waals surface area contributed by atoms with Crippen LogP contribution in [0.5, 0.6) is 0 Å². The highest BCUT2D eigenvalue weighted by Crippen LogP contribution is 2.43. The molecule has 0 saturated carbocycles. The number of unbranched alkanes of at least 4 members (excludes halogenated alkanes) is 23. The maximum Gasteiger partial charge on any atom is 0.472 e. The minimum absolute atomic E-state index is 0.0496. The maximum atomic E-state index is 12.7. The summed E-state index contributed by atoms with van der Waals surface area (Å²) in [6.07, 6.45) is 78.9. The van der Waals surface area contributed by atoms with Gasteiger partial charge in [-0.1, -0.05) is 245 Å². The summed E-state index contributed by atoms with van der Waals surface area (Å²) in [5.41, 5.74) is 5.37. The van der Waals surface area contributed by atoms with E-state index in [0.29, 0.717) is 6.42 Å². The fourth-order valence-corrected chi connectivity index (χ4v) is 8.57. The fraction of sp³-hybridized carbons (Fsp3) is 0.683. The molecule has 418 valence electrons. The van der Waals surface area contributed by atoms with Crippen LogP contribution in [0.2, 0.25) is 0 Å². The molecule has 9 nitrogen and oxygen atoms in total. The van der Waals surface area contributed by atoms with Crippen LogP contribution in [0.15, 0.2) is 109 Å². The SMILES string of the molecule is CC/C=C\C/C=C\C/C=C\C/C=C\C/C=C\C/C=C\C/C=C\C/C=C\CCCCCCCCCCCCCCCCCCC(=O)OC(COC(=O)CCCCCCC/C=C\CCCC)COP(=O)(O)OCCN. The Kier molecular flexibility index (Phi) is 55.3. The minimum Gasteiger partial charge on any atom is -0.462 e. The van der Waals surface area contributed by atoms with Gasteiger partial charge in [0.1, 0.15) is 6.61 Å². The van der Waals surface area contributed by atoms with Gasteiger partial charge in [0.15, 0.2) is 6.10 Å². The van der Waals surface area contributed by atoms with Gasteiger partial charge in [-0.25, -0.2) is 4.57 Å². The van der Waals surface area contributed by atoms with Crippen LogP contribution in [-0.4, -0.2) is 49.3 Å². The molecule has 0 bridgehead atoms. The molecule has 0 aromatic rings. The van der Waals surface area contributed by atoms with E-state index in [1.807, 2.05) is 0 Å². The Balaban J connectivity index is 3.83. The number of nitrogens with two attached hydrogens (primary N) is 1. The smallest absolute Gasteiger partial charge is 0.462 e. The van der Waals surface area contributed by atoms with Gasteiger partial charge in [0, 0.05) is 19.4 Å². The molecular weight excluding hydrogens is 930 g/mol. The molecule has 0 rings (SSSR count). The standard InChI is InChI=1S/C63H108NO8P/c1-3-5-7-9-11-13-15-16-17-18-19-20-21-22-23-24-25-26-27-28-29-30-31-32-33-34-35-36-37-38-39-40-41-42-43-44-46-48-50-52-54-56-63(66)72-61(60-71-73(67,68)70-58-57-64)59-69-62(65)55-53-51-49-47-45-14-12-10-8-6-4-2/h5,7,10-13,16-17,19-20,22-23,25-26,28-29,31-32,61H,3-4,6,8-9,14-15,18,21,24,27,30,33-60,64H2,1-2H3,(H,67,68)/b7-5-,12-10-,13-11-,17-16-,20-19-,23-22-,26-25-,29-28-,32-31-. The molecule has 0 aromatic carbocycles. The summed E-state index contributed by atoms with van der Waals surface area (Å²) in [7, 11) is -4.39. The first-order chi connectivity index (χ1) is 35.8. The average Bonchev–Trinajstić information content (AvgIpc) is 3.38. The predicted molar refractivity (Wildman–Crippen MR) is 311 cm³/mol. The molecule has 0 spiro atoms. The van der Waals surface area contributed by atoms with Crippen molar-refractivity contribution in [2.24, 2.45) is 5.73 Å². The van der Waals surface area contributed by atoms with Crippen molar-refractivity contribution >= 4 is 19.8 Å². The van der Waals surface area contributed by atoms with Gasteiger partial charge in [-0.2, -0.15) is 0 Å². The molecule has 0 saturated heterocycles. The lowest BCUT2D eigenvalue weighted by Crippen LogP contribution is -2.29. The predicted octanol–water partition coefficient (Wildman–Crippen LogP) is 18.6. The Morgan fingerprint density at radius 1 is 0.425 bits per heavy atom. The van der Waals surface area contributed by atoms with Crippen LogP contribution in [0.3, 0.4) is 0 Å². The number of carbonyl (C=O) groups excluding carboxylic acids is 2. The third-order valence-corrected chi connectivity index (χ3v) is 13.1. The minimum atomic E-state index is -4.39. The molecule has 10 heteroatoms. The first-order valence-corrected chi connectivity index (χ1v) is 30.9. The van der Waals surface area contributed by atoms with Crippen LogP contribution in [0.25, 0.3) is 0 Å². The number of rotatable bonds is 54. The Bertz CT molecular complexity index is 1560. The van der Waals surface area contributed by atoms with Crippen LogP contribution in [0.4, 0.5) is 0 Å². The van der Waals surface area contributed by atoms with Crippen molar-refractivity contribution in [1.29, 1.82) is 0 Å². The molecule has 3 N–H and O–H groups in total. The van der Waals surface area contributed by atoms with E-state index in [1.165, 1.54) is 96.3 Å². The Morgan fingerprint density at radius 2 is 0.753 bits per heavy atom. The number of hydrogen-bond acceptors (Lipinski definition) is 8. The molecule has 2 atom stereocenters. The largest absolute Gasteiger partial charge is 0.472 e. The van der Waals surface area contributed by atoms with Gasteiger partial charge < -0.3 is 20.1 Å². The van der Waals surface area contributed by atoms with E-state index >= 15 is 0 Å². The van der Waals surface area contributed by atoms with E-state index in [4.69, 9.17) is 24.3 Å². The third-order valence-electron chi connectivity index (χ3n) is 12.1. The van der Waals surface area contributed by atoms with Crippen molar-refractivity contribution in [1.82, 2.24) is 0 Å². The second kappa shape index (κ2) is 57.9. The second-order valence-electron chi connectivity index (χ2n) is 19.1. The van der Waals surface area contributed by atoms with E-state index < -0.39 is 32.5 Å². The van der Waals surface area contributed by atoms with Gasteiger partial charge in [0.2, 0.25) is 0 Å². The summed E-state index contributed by atoms with van der Waals surface area (Å²) in [5.74, 6) is -0.840. The molecule has 0 radical (unpaired) electrons. The van der Waals surface area contributed by atoms with Crippen LogP contribution in [-0.2, 0) is 32.7 Å². The quantitative estimate of drug-likeness (QED) is 0.0264. The van der Waals surface area contributed by atoms with Crippen molar-refractivity contribution in [2.45, 2.75) is 251 Å². The highest BCUT2D eigenvalue weighted by atomic mass is 31.2. The van der Waals surface area contributed by atoms with E-state index in [2.05, 4.69) is 123 Å². The molecule has 0 fully saturated rings. The maximum absolute atomic E-state index is 12.7. The summed E-state index contributed by atoms with van der Waals surface area (Å²) in [4.78, 5) is 35.0. The number of esters is 2. The molecule has 0 heterocycles. The molecule has 0 aliphatic heterocycles. The average molecular weight is 1040 g/mol. The van der Waals surface area contributed by atoms with Crippen LogP contribution in [0.1, 0.15) is 245 Å². The number of phosphoric ester groups is 1. The molecule has 0 amide bonds. The highest BCUT2D eigenvalue weighted by Gasteiger charge is 2.26. The van der Waals surface area contributed by atoms with Gasteiger partial charge >= 0.3 is 19.8 Å². The van der Waals surface area contributed by atoms with E-state index in [9.17, 15) is 19.0 Å². The lowest BCUT2D eigenvalue weighted by atomic mass is 10.0. The normalized spacial score (nSPS) is 13.9. The zero-order valence-electron chi connectivity index (χ0n) is 46.6. The Hall–Kier alpha value is -3.33. The molecule has 0 aromatic heterocycles. The van der Waals surface area contributed by atoms with Gasteiger partial charge in [-0.3, -0.25) is 18.6 Å². The number of carbonyl (C=O) groups is 2. The van der Waals surface area contributed by atoms with Crippen LogP contribution >= 0.6 is 7.82 Å². The van der Waals surface area contributed by atoms with Crippen molar-refractivity contribution in [3.63, 3.8) is 0 Å². The van der Waals surface area contributed by atoms with Crippen LogP contribution in [0, 0.1) is 0 Å².